The van der Waals surface area contributed by atoms with Gasteiger partial charge in [-0.3, -0.25) is 4.18 Å². The van der Waals surface area contributed by atoms with E-state index in [1.807, 2.05) is 50.2 Å². The summed E-state index contributed by atoms with van der Waals surface area (Å²) in [6, 6.07) is 14.6. The van der Waals surface area contributed by atoms with E-state index in [1.54, 1.807) is 24.3 Å². The van der Waals surface area contributed by atoms with E-state index in [9.17, 15) is 8.42 Å². The molecule has 0 atom stereocenters. The molecule has 0 radical (unpaired) electrons. The second-order valence-corrected chi connectivity index (χ2v) is 7.02. The fourth-order valence-electron chi connectivity index (χ4n) is 2.00. The Morgan fingerprint density at radius 3 is 2.09 bits per heavy atom. The summed E-state index contributed by atoms with van der Waals surface area (Å²) in [5.41, 5.74) is 3.17. The Labute approximate surface area is 132 Å². The van der Waals surface area contributed by atoms with Gasteiger partial charge in [0.05, 0.1) is 11.5 Å². The summed E-state index contributed by atoms with van der Waals surface area (Å²) in [5.74, 6) is 0. The van der Waals surface area contributed by atoms with Gasteiger partial charge in [-0.1, -0.05) is 29.8 Å². The Bertz CT molecular complexity index is 705. The average Bonchev–Trinajstić information content (AvgIpc) is 2.48. The van der Waals surface area contributed by atoms with Crippen LogP contribution in [0.25, 0.3) is 0 Å². The van der Waals surface area contributed by atoms with Crippen molar-refractivity contribution < 1.29 is 12.6 Å². The standard InChI is InChI=1S/C17H21NO3S/c1-14-4-10-17(11-5-14)22(19,20)21-13-12-15-6-8-16(9-7-15)18(2)3/h4-11H,12-13H2,1-3H3. The predicted molar refractivity (Wildman–Crippen MR) is 88.8 cm³/mol. The van der Waals surface area contributed by atoms with Crippen molar-refractivity contribution in [3.8, 4) is 0 Å². The van der Waals surface area contributed by atoms with Crippen LogP contribution in [-0.2, 0) is 20.7 Å². The van der Waals surface area contributed by atoms with E-state index >= 15 is 0 Å². The molecule has 0 N–H and O–H groups in total. The summed E-state index contributed by atoms with van der Waals surface area (Å²) >= 11 is 0. The summed E-state index contributed by atoms with van der Waals surface area (Å²) in [5, 5.41) is 0. The van der Waals surface area contributed by atoms with Crippen molar-refractivity contribution in [1.29, 1.82) is 0 Å². The highest BCUT2D eigenvalue weighted by atomic mass is 32.2. The molecule has 0 heterocycles. The fourth-order valence-corrected chi connectivity index (χ4v) is 2.91. The highest BCUT2D eigenvalue weighted by Crippen LogP contribution is 2.15. The van der Waals surface area contributed by atoms with E-state index in [2.05, 4.69) is 0 Å². The molecule has 2 aromatic carbocycles. The molecule has 2 rings (SSSR count). The highest BCUT2D eigenvalue weighted by Gasteiger charge is 2.14. The van der Waals surface area contributed by atoms with Gasteiger partial charge in [0.2, 0.25) is 0 Å². The van der Waals surface area contributed by atoms with E-state index in [0.717, 1.165) is 16.8 Å². The number of anilines is 1. The number of aryl methyl sites for hydroxylation is 1. The van der Waals surface area contributed by atoms with E-state index in [0.29, 0.717) is 6.42 Å². The van der Waals surface area contributed by atoms with Crippen molar-refractivity contribution in [3.63, 3.8) is 0 Å². The monoisotopic (exact) mass is 319 g/mol. The molecule has 5 heteroatoms. The smallest absolute Gasteiger partial charge is 0.296 e. The first kappa shape index (κ1) is 16.5. The lowest BCUT2D eigenvalue weighted by Crippen LogP contribution is -2.10. The lowest BCUT2D eigenvalue weighted by atomic mass is 10.1. The van der Waals surface area contributed by atoms with Crippen LogP contribution >= 0.6 is 0 Å². The maximum absolute atomic E-state index is 12.0. The van der Waals surface area contributed by atoms with Crippen LogP contribution in [0.1, 0.15) is 11.1 Å². The molecular weight excluding hydrogens is 298 g/mol. The third-order valence-corrected chi connectivity index (χ3v) is 4.72. The summed E-state index contributed by atoms with van der Waals surface area (Å²) in [6.45, 7) is 2.05. The Balaban J connectivity index is 1.93. The number of hydrogen-bond acceptors (Lipinski definition) is 4. The molecule has 118 valence electrons. The third-order valence-electron chi connectivity index (χ3n) is 3.39. The molecule has 0 aliphatic rings. The first-order valence-corrected chi connectivity index (χ1v) is 8.52. The second-order valence-electron chi connectivity index (χ2n) is 5.40. The molecular formula is C17H21NO3S. The van der Waals surface area contributed by atoms with Gasteiger partial charge in [0.1, 0.15) is 0 Å². The fraction of sp³-hybridized carbons (Fsp3) is 0.294. The molecule has 0 bridgehead atoms. The van der Waals surface area contributed by atoms with Crippen molar-refractivity contribution >= 4 is 15.8 Å². The Kier molecular flexibility index (Phi) is 5.21. The van der Waals surface area contributed by atoms with Crippen molar-refractivity contribution in [2.75, 3.05) is 25.6 Å². The lowest BCUT2D eigenvalue weighted by Gasteiger charge is -2.12. The molecule has 0 saturated heterocycles. The zero-order valence-electron chi connectivity index (χ0n) is 13.1. The average molecular weight is 319 g/mol. The highest BCUT2D eigenvalue weighted by molar-refractivity contribution is 7.86. The number of benzene rings is 2. The predicted octanol–water partition coefficient (Wildman–Crippen LogP) is 3.01. The minimum absolute atomic E-state index is 0.136. The van der Waals surface area contributed by atoms with Gasteiger partial charge in [0, 0.05) is 19.8 Å². The number of hydrogen-bond donors (Lipinski definition) is 0. The minimum atomic E-state index is -3.68. The maximum atomic E-state index is 12.0. The molecule has 0 aliphatic heterocycles. The van der Waals surface area contributed by atoms with Crippen LogP contribution in [0.3, 0.4) is 0 Å². The molecule has 2 aromatic rings. The lowest BCUT2D eigenvalue weighted by molar-refractivity contribution is 0.322. The maximum Gasteiger partial charge on any atom is 0.296 e. The zero-order chi connectivity index (χ0) is 16.2. The largest absolute Gasteiger partial charge is 0.378 e. The van der Waals surface area contributed by atoms with E-state index in [4.69, 9.17) is 4.18 Å². The SMILES string of the molecule is Cc1ccc(S(=O)(=O)OCCc2ccc(N(C)C)cc2)cc1. The van der Waals surface area contributed by atoms with Gasteiger partial charge in [0.25, 0.3) is 10.1 Å². The third kappa shape index (κ3) is 4.32. The summed E-state index contributed by atoms with van der Waals surface area (Å²) in [7, 11) is 0.280. The van der Waals surface area contributed by atoms with Crippen molar-refractivity contribution in [2.45, 2.75) is 18.2 Å². The van der Waals surface area contributed by atoms with Crippen LogP contribution in [-0.4, -0.2) is 29.1 Å². The van der Waals surface area contributed by atoms with Crippen LogP contribution in [0.5, 0.6) is 0 Å². The normalized spacial score (nSPS) is 11.4. The van der Waals surface area contributed by atoms with E-state index in [1.165, 1.54) is 0 Å². The first-order chi connectivity index (χ1) is 10.4. The Morgan fingerprint density at radius 2 is 1.55 bits per heavy atom. The number of nitrogens with zero attached hydrogens (tertiary/aromatic N) is 1. The van der Waals surface area contributed by atoms with E-state index < -0.39 is 10.1 Å². The molecule has 0 amide bonds. The van der Waals surface area contributed by atoms with Crippen molar-refractivity contribution in [2.24, 2.45) is 0 Å². The molecule has 22 heavy (non-hydrogen) atoms. The van der Waals surface area contributed by atoms with Gasteiger partial charge < -0.3 is 4.90 Å². The molecule has 4 nitrogen and oxygen atoms in total. The van der Waals surface area contributed by atoms with Crippen LogP contribution in [0, 0.1) is 6.92 Å². The Hall–Kier alpha value is -1.85. The van der Waals surface area contributed by atoms with Gasteiger partial charge in [-0.25, -0.2) is 0 Å². The second kappa shape index (κ2) is 6.94. The summed E-state index contributed by atoms with van der Waals surface area (Å²) in [6.07, 6.45) is 0.554. The topological polar surface area (TPSA) is 46.6 Å². The quantitative estimate of drug-likeness (QED) is 0.768. The van der Waals surface area contributed by atoms with Crippen LogP contribution in [0.4, 0.5) is 5.69 Å². The van der Waals surface area contributed by atoms with Crippen LogP contribution < -0.4 is 4.90 Å². The van der Waals surface area contributed by atoms with Crippen LogP contribution in [0.2, 0.25) is 0 Å². The van der Waals surface area contributed by atoms with Gasteiger partial charge in [0.15, 0.2) is 0 Å². The molecule has 0 aromatic heterocycles. The minimum Gasteiger partial charge on any atom is -0.378 e. The molecule has 0 unspecified atom stereocenters. The van der Waals surface area contributed by atoms with E-state index in [-0.39, 0.29) is 11.5 Å². The summed E-state index contributed by atoms with van der Waals surface area (Å²) < 4.78 is 29.2. The molecule has 0 spiro atoms. The van der Waals surface area contributed by atoms with Gasteiger partial charge in [-0.15, -0.1) is 0 Å². The zero-order valence-corrected chi connectivity index (χ0v) is 13.9. The van der Waals surface area contributed by atoms with Crippen LogP contribution in [0.15, 0.2) is 53.4 Å². The van der Waals surface area contributed by atoms with Crippen molar-refractivity contribution in [1.82, 2.24) is 0 Å². The molecule has 0 saturated carbocycles. The molecule has 0 aliphatic carbocycles. The van der Waals surface area contributed by atoms with Gasteiger partial charge >= 0.3 is 0 Å². The molecule has 0 fully saturated rings. The Morgan fingerprint density at radius 1 is 0.955 bits per heavy atom. The van der Waals surface area contributed by atoms with Crippen molar-refractivity contribution in [3.05, 3.63) is 59.7 Å². The summed E-state index contributed by atoms with van der Waals surface area (Å²) in [4.78, 5) is 2.21. The van der Waals surface area contributed by atoms with Gasteiger partial charge in [-0.2, -0.15) is 8.42 Å². The first-order valence-electron chi connectivity index (χ1n) is 7.11. The number of rotatable bonds is 6. The van der Waals surface area contributed by atoms with Gasteiger partial charge in [-0.05, 0) is 43.2 Å².